The van der Waals surface area contributed by atoms with Crippen LogP contribution in [0.25, 0.3) is 0 Å². The number of methoxy groups -OCH3 is 1. The lowest BCUT2D eigenvalue weighted by Gasteiger charge is -2.51. The van der Waals surface area contributed by atoms with Crippen molar-refractivity contribution in [3.8, 4) is 0 Å². The summed E-state index contributed by atoms with van der Waals surface area (Å²) in [6.07, 6.45) is 6.95. The Morgan fingerprint density at radius 1 is 1.29 bits per heavy atom. The van der Waals surface area contributed by atoms with Gasteiger partial charge in [-0.3, -0.25) is 9.80 Å². The van der Waals surface area contributed by atoms with Crippen molar-refractivity contribution in [3.63, 3.8) is 0 Å². The van der Waals surface area contributed by atoms with Crippen LogP contribution in [0.5, 0.6) is 0 Å². The number of fused-ring (bicyclic) bond motifs is 3. The Kier molecular flexibility index (Phi) is 6.88. The third-order valence-electron chi connectivity index (χ3n) is 6.84. The van der Waals surface area contributed by atoms with E-state index >= 15 is 0 Å². The lowest BCUT2D eigenvalue weighted by molar-refractivity contribution is -0.0158. The second-order valence-corrected chi connectivity index (χ2v) is 8.99. The van der Waals surface area contributed by atoms with Crippen LogP contribution in [0.15, 0.2) is 22.8 Å². The van der Waals surface area contributed by atoms with Gasteiger partial charge in [0.15, 0.2) is 5.11 Å². The molecule has 2 bridgehead atoms. The van der Waals surface area contributed by atoms with Gasteiger partial charge in [-0.2, -0.15) is 0 Å². The molecule has 5 atom stereocenters. The second-order valence-electron chi connectivity index (χ2n) is 8.58. The van der Waals surface area contributed by atoms with Crippen molar-refractivity contribution in [2.24, 2.45) is 11.8 Å². The van der Waals surface area contributed by atoms with E-state index in [0.717, 1.165) is 35.9 Å². The van der Waals surface area contributed by atoms with Gasteiger partial charge in [0.05, 0.1) is 19.4 Å². The van der Waals surface area contributed by atoms with Crippen LogP contribution in [-0.2, 0) is 11.3 Å². The fraction of sp³-hybridized carbons (Fsp3) is 0.762. The van der Waals surface area contributed by atoms with Crippen LogP contribution in [0.1, 0.15) is 31.4 Å². The van der Waals surface area contributed by atoms with Crippen molar-refractivity contribution in [2.75, 3.05) is 46.4 Å². The molecule has 2 N–H and O–H groups in total. The predicted molar refractivity (Wildman–Crippen MR) is 114 cm³/mol. The van der Waals surface area contributed by atoms with Crippen molar-refractivity contribution >= 4 is 17.3 Å². The molecule has 4 aliphatic heterocycles. The molecule has 6 nitrogen and oxygen atoms in total. The van der Waals surface area contributed by atoms with E-state index in [1.807, 2.05) is 19.2 Å². The molecule has 4 fully saturated rings. The molecule has 0 amide bonds. The molecule has 1 aromatic heterocycles. The Hall–Kier alpha value is -1.15. The highest BCUT2D eigenvalue weighted by atomic mass is 32.1. The first-order valence-electron chi connectivity index (χ1n) is 10.7. The topological polar surface area (TPSA) is 52.9 Å². The van der Waals surface area contributed by atoms with Crippen LogP contribution in [0.4, 0.5) is 0 Å². The molecule has 0 saturated carbocycles. The minimum atomic E-state index is 0.603. The third kappa shape index (κ3) is 4.87. The van der Waals surface area contributed by atoms with E-state index in [-0.39, 0.29) is 0 Å². The summed E-state index contributed by atoms with van der Waals surface area (Å²) in [5, 5.41) is 7.37. The van der Waals surface area contributed by atoms with E-state index < -0.39 is 0 Å². The van der Waals surface area contributed by atoms with Gasteiger partial charge in [-0.1, -0.05) is 0 Å². The van der Waals surface area contributed by atoms with Crippen LogP contribution in [0, 0.1) is 11.8 Å². The van der Waals surface area contributed by atoms with Gasteiger partial charge in [0.2, 0.25) is 0 Å². The normalized spacial score (nSPS) is 32.5. The number of ether oxygens (including phenoxy) is 1. The number of thiocarbonyl (C=S) groups is 1. The summed E-state index contributed by atoms with van der Waals surface area (Å²) in [6.45, 7) is 7.42. The second kappa shape index (κ2) is 9.57. The first-order valence-corrected chi connectivity index (χ1v) is 11.1. The molecule has 7 heteroatoms. The molecule has 156 valence electrons. The molecule has 28 heavy (non-hydrogen) atoms. The lowest BCUT2D eigenvalue weighted by atomic mass is 9.75. The van der Waals surface area contributed by atoms with Crippen LogP contribution < -0.4 is 10.6 Å². The number of nitrogens with zero attached hydrogens (tertiary/aromatic N) is 2. The molecule has 1 unspecified atom stereocenters. The third-order valence-corrected chi connectivity index (χ3v) is 7.13. The summed E-state index contributed by atoms with van der Waals surface area (Å²) in [5.41, 5.74) is 0. The highest BCUT2D eigenvalue weighted by Gasteiger charge is 2.41. The fourth-order valence-electron chi connectivity index (χ4n) is 5.34. The highest BCUT2D eigenvalue weighted by Crippen LogP contribution is 2.37. The zero-order chi connectivity index (χ0) is 19.3. The van der Waals surface area contributed by atoms with Gasteiger partial charge < -0.3 is 19.8 Å². The summed E-state index contributed by atoms with van der Waals surface area (Å²) in [4.78, 5) is 5.38. The van der Waals surface area contributed by atoms with Crippen molar-refractivity contribution in [2.45, 2.75) is 44.3 Å². The first kappa shape index (κ1) is 20.1. The van der Waals surface area contributed by atoms with Gasteiger partial charge >= 0.3 is 0 Å². The van der Waals surface area contributed by atoms with E-state index in [1.54, 1.807) is 6.26 Å². The molecule has 0 aliphatic carbocycles. The number of hydrogen-bond donors (Lipinski definition) is 2. The van der Waals surface area contributed by atoms with Crippen LogP contribution in [0.3, 0.4) is 0 Å². The largest absolute Gasteiger partial charge is 0.467 e. The van der Waals surface area contributed by atoms with E-state index in [9.17, 15) is 0 Å². The van der Waals surface area contributed by atoms with Crippen molar-refractivity contribution in [1.29, 1.82) is 0 Å². The minimum Gasteiger partial charge on any atom is -0.467 e. The van der Waals surface area contributed by atoms with Crippen molar-refractivity contribution < 1.29 is 9.15 Å². The molecule has 0 radical (unpaired) electrons. The van der Waals surface area contributed by atoms with Crippen LogP contribution in [0.2, 0.25) is 0 Å². The summed E-state index contributed by atoms with van der Waals surface area (Å²) in [7, 11) is 1.83. The van der Waals surface area contributed by atoms with E-state index in [4.69, 9.17) is 21.4 Å². The molecular weight excluding hydrogens is 372 g/mol. The Balaban J connectivity index is 1.21. The van der Waals surface area contributed by atoms with Crippen LogP contribution >= 0.6 is 12.2 Å². The number of rotatable bonds is 8. The van der Waals surface area contributed by atoms with E-state index in [2.05, 4.69) is 20.4 Å². The SMILES string of the molecule is COC[C@H]1CCCN1C[C@H]1CN2CC[C@H]1C[C@@H]2CNC(=S)NCc1ccco1. The lowest BCUT2D eigenvalue weighted by Crippen LogP contribution is -2.59. The predicted octanol–water partition coefficient (Wildman–Crippen LogP) is 2.06. The monoisotopic (exact) mass is 406 g/mol. The zero-order valence-electron chi connectivity index (χ0n) is 16.9. The van der Waals surface area contributed by atoms with Gasteiger partial charge in [0, 0.05) is 38.8 Å². The highest BCUT2D eigenvalue weighted by molar-refractivity contribution is 7.80. The molecule has 5 heterocycles. The Morgan fingerprint density at radius 3 is 2.96 bits per heavy atom. The number of furan rings is 1. The average molecular weight is 407 g/mol. The zero-order valence-corrected chi connectivity index (χ0v) is 17.8. The van der Waals surface area contributed by atoms with Gasteiger partial charge in [-0.05, 0) is 75.0 Å². The molecule has 0 aromatic carbocycles. The number of piperidine rings is 3. The van der Waals surface area contributed by atoms with Crippen LogP contribution in [-0.4, -0.2) is 73.4 Å². The molecule has 4 aliphatic rings. The summed E-state index contributed by atoms with van der Waals surface area (Å²) < 4.78 is 10.8. The Labute approximate surface area is 174 Å². The smallest absolute Gasteiger partial charge is 0.166 e. The van der Waals surface area contributed by atoms with Crippen molar-refractivity contribution in [1.82, 2.24) is 20.4 Å². The van der Waals surface area contributed by atoms with Gasteiger partial charge in [0.1, 0.15) is 5.76 Å². The summed E-state index contributed by atoms with van der Waals surface area (Å²) >= 11 is 5.44. The number of nitrogens with one attached hydrogen (secondary N) is 2. The molecule has 5 rings (SSSR count). The fourth-order valence-corrected chi connectivity index (χ4v) is 5.50. The maximum Gasteiger partial charge on any atom is 0.166 e. The average Bonchev–Trinajstić information content (AvgIpc) is 3.38. The number of hydrogen-bond acceptors (Lipinski definition) is 5. The standard InChI is InChI=1S/C21H34N4O2S/c1-26-15-18-4-2-7-24(18)13-17-14-25-8-6-16(17)10-19(25)11-22-21(28)23-12-20-5-3-9-27-20/h3,5,9,16-19H,2,4,6-8,10-15H2,1H3,(H2,22,23,28)/t16-,17-,18+,19+/m0/s1. The summed E-state index contributed by atoms with van der Waals surface area (Å²) in [6, 6.07) is 5.09. The van der Waals surface area contributed by atoms with Crippen molar-refractivity contribution in [3.05, 3.63) is 24.2 Å². The molecule has 4 saturated heterocycles. The quantitative estimate of drug-likeness (QED) is 0.641. The van der Waals surface area contributed by atoms with E-state index in [1.165, 1.54) is 51.9 Å². The molecule has 0 spiro atoms. The molecule has 1 aromatic rings. The van der Waals surface area contributed by atoms with E-state index in [0.29, 0.717) is 18.6 Å². The van der Waals surface area contributed by atoms with Gasteiger partial charge in [0.25, 0.3) is 0 Å². The maximum absolute atomic E-state index is 5.44. The molecular formula is C21H34N4O2S. The summed E-state index contributed by atoms with van der Waals surface area (Å²) in [5.74, 6) is 2.57. The van der Waals surface area contributed by atoms with Gasteiger partial charge in [-0.15, -0.1) is 0 Å². The first-order chi connectivity index (χ1) is 13.7. The Morgan fingerprint density at radius 2 is 2.21 bits per heavy atom. The van der Waals surface area contributed by atoms with Gasteiger partial charge in [-0.25, -0.2) is 0 Å². The maximum atomic E-state index is 5.44. The number of likely N-dealkylation sites (tertiary alicyclic amines) is 1. The Bertz CT molecular complexity index is 626. The minimum absolute atomic E-state index is 0.603.